The summed E-state index contributed by atoms with van der Waals surface area (Å²) in [6.45, 7) is 3.09. The first-order chi connectivity index (χ1) is 14.5. The average Bonchev–Trinajstić information content (AvgIpc) is 3.17. The van der Waals surface area contributed by atoms with E-state index < -0.39 is 0 Å². The number of carbonyl (C=O) groups is 2. The first-order valence-electron chi connectivity index (χ1n) is 10.0. The van der Waals surface area contributed by atoms with E-state index in [9.17, 15) is 9.59 Å². The standard InChI is InChI=1S/C25H23ClN2O2/c1-17-4-2-3-5-21(17)15-24(29)27-16-18-6-7-19-12-13-28(23(19)14-18)25(30)20-8-10-22(26)11-9-20/h2-11,14H,12-13,15-16H2,1H3,(H,27,29). The van der Waals surface area contributed by atoms with Gasteiger partial charge in [0, 0.05) is 29.4 Å². The molecule has 3 aromatic carbocycles. The second-order valence-corrected chi connectivity index (χ2v) is 7.99. The molecule has 0 saturated carbocycles. The summed E-state index contributed by atoms with van der Waals surface area (Å²) in [7, 11) is 0. The van der Waals surface area contributed by atoms with E-state index in [0.29, 0.717) is 30.1 Å². The first kappa shape index (κ1) is 20.2. The molecule has 5 heteroatoms. The molecule has 30 heavy (non-hydrogen) atoms. The Balaban J connectivity index is 1.44. The summed E-state index contributed by atoms with van der Waals surface area (Å²) in [6, 6.07) is 20.9. The van der Waals surface area contributed by atoms with Gasteiger partial charge in [-0.2, -0.15) is 0 Å². The third-order valence-corrected chi connectivity index (χ3v) is 5.74. The number of carbonyl (C=O) groups excluding carboxylic acids is 2. The molecule has 0 aromatic heterocycles. The highest BCUT2D eigenvalue weighted by Crippen LogP contribution is 2.30. The number of halogens is 1. The van der Waals surface area contributed by atoms with Gasteiger partial charge in [-0.05, 0) is 65.9 Å². The number of benzene rings is 3. The van der Waals surface area contributed by atoms with Crippen molar-refractivity contribution in [1.29, 1.82) is 0 Å². The lowest BCUT2D eigenvalue weighted by Gasteiger charge is -2.18. The largest absolute Gasteiger partial charge is 0.352 e. The zero-order chi connectivity index (χ0) is 21.1. The molecule has 4 nitrogen and oxygen atoms in total. The van der Waals surface area contributed by atoms with Crippen molar-refractivity contribution in [2.45, 2.75) is 26.3 Å². The minimum atomic E-state index is -0.0360. The number of nitrogens with zero attached hydrogens (tertiary/aromatic N) is 1. The Bertz CT molecular complexity index is 1090. The van der Waals surface area contributed by atoms with E-state index >= 15 is 0 Å². The van der Waals surface area contributed by atoms with Crippen LogP contribution in [-0.4, -0.2) is 18.4 Å². The van der Waals surface area contributed by atoms with Crippen molar-refractivity contribution in [2.24, 2.45) is 0 Å². The van der Waals surface area contributed by atoms with Crippen LogP contribution in [0.2, 0.25) is 5.02 Å². The van der Waals surface area contributed by atoms with Gasteiger partial charge in [-0.3, -0.25) is 9.59 Å². The molecule has 1 N–H and O–H groups in total. The van der Waals surface area contributed by atoms with Crippen LogP contribution in [0.5, 0.6) is 0 Å². The van der Waals surface area contributed by atoms with Crippen LogP contribution in [0.4, 0.5) is 5.69 Å². The van der Waals surface area contributed by atoms with E-state index in [1.54, 1.807) is 29.2 Å². The quantitative estimate of drug-likeness (QED) is 0.652. The molecule has 0 aliphatic carbocycles. The fourth-order valence-electron chi connectivity index (χ4n) is 3.74. The molecular formula is C25H23ClN2O2. The highest BCUT2D eigenvalue weighted by molar-refractivity contribution is 6.30. The van der Waals surface area contributed by atoms with Crippen LogP contribution in [-0.2, 0) is 24.2 Å². The van der Waals surface area contributed by atoms with Crippen LogP contribution >= 0.6 is 11.6 Å². The molecule has 1 aliphatic rings. The molecule has 1 heterocycles. The van der Waals surface area contributed by atoms with E-state index in [0.717, 1.165) is 34.4 Å². The van der Waals surface area contributed by atoms with Crippen molar-refractivity contribution < 1.29 is 9.59 Å². The number of rotatable bonds is 5. The van der Waals surface area contributed by atoms with Crippen molar-refractivity contribution in [1.82, 2.24) is 5.32 Å². The van der Waals surface area contributed by atoms with Crippen LogP contribution in [0.15, 0.2) is 66.7 Å². The summed E-state index contributed by atoms with van der Waals surface area (Å²) in [5, 5.41) is 3.60. The third-order valence-electron chi connectivity index (χ3n) is 5.48. The molecule has 0 spiro atoms. The SMILES string of the molecule is Cc1ccccc1CC(=O)NCc1ccc2c(c1)N(C(=O)c1ccc(Cl)cc1)CC2. The van der Waals surface area contributed by atoms with E-state index in [4.69, 9.17) is 11.6 Å². The van der Waals surface area contributed by atoms with E-state index in [-0.39, 0.29) is 11.8 Å². The number of hydrogen-bond acceptors (Lipinski definition) is 2. The van der Waals surface area contributed by atoms with Gasteiger partial charge >= 0.3 is 0 Å². The predicted molar refractivity (Wildman–Crippen MR) is 120 cm³/mol. The van der Waals surface area contributed by atoms with Crippen molar-refractivity contribution in [3.8, 4) is 0 Å². The molecule has 152 valence electrons. The summed E-state index contributed by atoms with van der Waals surface area (Å²) >= 11 is 5.94. The van der Waals surface area contributed by atoms with Gasteiger partial charge < -0.3 is 10.2 Å². The molecule has 0 saturated heterocycles. The maximum Gasteiger partial charge on any atom is 0.258 e. The summed E-state index contributed by atoms with van der Waals surface area (Å²) < 4.78 is 0. The van der Waals surface area contributed by atoms with Gasteiger partial charge in [0.2, 0.25) is 5.91 Å². The van der Waals surface area contributed by atoms with Crippen molar-refractivity contribution in [3.05, 3.63) is 99.6 Å². The molecule has 0 unspecified atom stereocenters. The molecule has 0 radical (unpaired) electrons. The molecule has 3 aromatic rings. The Kier molecular flexibility index (Phi) is 5.86. The monoisotopic (exact) mass is 418 g/mol. The zero-order valence-electron chi connectivity index (χ0n) is 16.8. The maximum atomic E-state index is 12.9. The fraction of sp³-hybridized carbons (Fsp3) is 0.200. The first-order valence-corrected chi connectivity index (χ1v) is 10.4. The van der Waals surface area contributed by atoms with Gasteiger partial charge in [0.1, 0.15) is 0 Å². The third kappa shape index (κ3) is 4.39. The zero-order valence-corrected chi connectivity index (χ0v) is 17.6. The Morgan fingerprint density at radius 1 is 1.03 bits per heavy atom. The maximum absolute atomic E-state index is 12.9. The Hall–Kier alpha value is -3.11. The minimum absolute atomic E-state index is 0.0149. The molecule has 0 bridgehead atoms. The van der Waals surface area contributed by atoms with Gasteiger partial charge in [-0.15, -0.1) is 0 Å². The fourth-order valence-corrected chi connectivity index (χ4v) is 3.86. The summed E-state index contributed by atoms with van der Waals surface area (Å²) in [4.78, 5) is 27.1. The Labute approximate surface area is 181 Å². The van der Waals surface area contributed by atoms with Crippen LogP contribution < -0.4 is 10.2 Å². The predicted octanol–water partition coefficient (Wildman–Crippen LogP) is 4.71. The number of hydrogen-bond donors (Lipinski definition) is 1. The minimum Gasteiger partial charge on any atom is -0.352 e. The highest BCUT2D eigenvalue weighted by atomic mass is 35.5. The smallest absolute Gasteiger partial charge is 0.258 e. The average molecular weight is 419 g/mol. The molecular weight excluding hydrogens is 396 g/mol. The van der Waals surface area contributed by atoms with Crippen LogP contribution in [0.3, 0.4) is 0 Å². The van der Waals surface area contributed by atoms with E-state index in [1.807, 2.05) is 49.4 Å². The number of aryl methyl sites for hydroxylation is 1. The van der Waals surface area contributed by atoms with Crippen LogP contribution in [0.1, 0.15) is 32.6 Å². The number of nitrogens with one attached hydrogen (secondary N) is 1. The van der Waals surface area contributed by atoms with Gasteiger partial charge in [-0.1, -0.05) is 48.0 Å². The number of fused-ring (bicyclic) bond motifs is 1. The van der Waals surface area contributed by atoms with Crippen LogP contribution in [0.25, 0.3) is 0 Å². The summed E-state index contributed by atoms with van der Waals surface area (Å²) in [5.41, 5.74) is 5.80. The lowest BCUT2D eigenvalue weighted by molar-refractivity contribution is -0.120. The van der Waals surface area contributed by atoms with Crippen molar-refractivity contribution in [3.63, 3.8) is 0 Å². The van der Waals surface area contributed by atoms with Crippen LogP contribution in [0, 0.1) is 6.92 Å². The van der Waals surface area contributed by atoms with E-state index in [1.165, 1.54) is 0 Å². The van der Waals surface area contributed by atoms with Gasteiger partial charge in [0.25, 0.3) is 5.91 Å². The molecule has 4 rings (SSSR count). The second-order valence-electron chi connectivity index (χ2n) is 7.56. The Morgan fingerprint density at radius 2 is 1.80 bits per heavy atom. The molecule has 2 amide bonds. The highest BCUT2D eigenvalue weighted by Gasteiger charge is 2.25. The Morgan fingerprint density at radius 3 is 2.57 bits per heavy atom. The number of amides is 2. The van der Waals surface area contributed by atoms with Crippen molar-refractivity contribution >= 4 is 29.1 Å². The summed E-state index contributed by atoms with van der Waals surface area (Å²) in [5.74, 6) is -0.0509. The normalized spacial score (nSPS) is 12.5. The van der Waals surface area contributed by atoms with Gasteiger partial charge in [0.05, 0.1) is 6.42 Å². The lowest BCUT2D eigenvalue weighted by Crippen LogP contribution is -2.29. The van der Waals surface area contributed by atoms with Gasteiger partial charge in [0.15, 0.2) is 0 Å². The summed E-state index contributed by atoms with van der Waals surface area (Å²) in [6.07, 6.45) is 1.19. The van der Waals surface area contributed by atoms with Crippen molar-refractivity contribution in [2.75, 3.05) is 11.4 Å². The molecule has 1 aliphatic heterocycles. The second kappa shape index (κ2) is 8.72. The topological polar surface area (TPSA) is 49.4 Å². The lowest BCUT2D eigenvalue weighted by atomic mass is 10.1. The molecule has 0 atom stereocenters. The van der Waals surface area contributed by atoms with E-state index in [2.05, 4.69) is 5.32 Å². The molecule has 0 fully saturated rings. The van der Waals surface area contributed by atoms with Gasteiger partial charge in [-0.25, -0.2) is 0 Å². The number of anilines is 1.